The van der Waals surface area contributed by atoms with Gasteiger partial charge in [-0.1, -0.05) is 30.3 Å². The van der Waals surface area contributed by atoms with Crippen LogP contribution in [0.15, 0.2) is 48.5 Å². The van der Waals surface area contributed by atoms with E-state index in [0.717, 1.165) is 88.2 Å². The summed E-state index contributed by atoms with van der Waals surface area (Å²) in [4.78, 5) is 63.4. The van der Waals surface area contributed by atoms with Crippen molar-refractivity contribution in [3.8, 4) is 0 Å². The van der Waals surface area contributed by atoms with Crippen LogP contribution in [0, 0.1) is 5.92 Å². The number of fused-ring (bicyclic) bond motifs is 1. The summed E-state index contributed by atoms with van der Waals surface area (Å²) in [6.07, 6.45) is 2.90. The predicted octanol–water partition coefficient (Wildman–Crippen LogP) is 2.62. The number of carbonyl (C=O) groups is 4. The lowest BCUT2D eigenvalue weighted by Gasteiger charge is -2.41. The molecule has 0 radical (unpaired) electrons. The Labute approximate surface area is 295 Å². The van der Waals surface area contributed by atoms with Crippen molar-refractivity contribution in [3.05, 3.63) is 65.2 Å². The summed E-state index contributed by atoms with van der Waals surface area (Å²) in [5, 5.41) is 2.38. The van der Waals surface area contributed by atoms with Crippen molar-refractivity contribution in [1.82, 2.24) is 29.8 Å². The van der Waals surface area contributed by atoms with Crippen LogP contribution in [-0.2, 0) is 27.5 Å². The largest absolute Gasteiger partial charge is 0.445 e. The molecule has 4 saturated heterocycles. The molecule has 0 aromatic heterocycles. The monoisotopic (exact) mass is 685 g/mol. The van der Waals surface area contributed by atoms with Crippen molar-refractivity contribution in [2.75, 3.05) is 83.4 Å². The van der Waals surface area contributed by atoms with Gasteiger partial charge in [0.25, 0.3) is 5.91 Å². The van der Waals surface area contributed by atoms with Gasteiger partial charge in [0.05, 0.1) is 0 Å². The first kappa shape index (κ1) is 34.4. The van der Waals surface area contributed by atoms with Crippen molar-refractivity contribution in [2.24, 2.45) is 5.92 Å². The van der Waals surface area contributed by atoms with Crippen LogP contribution < -0.4 is 10.2 Å². The van der Waals surface area contributed by atoms with Gasteiger partial charge >= 0.3 is 6.09 Å². The Hall–Kier alpha value is -4.00. The summed E-state index contributed by atoms with van der Waals surface area (Å²) in [6.45, 7) is 14.8. The lowest BCUT2D eigenvalue weighted by Crippen LogP contribution is -2.55. The molecule has 1 unspecified atom stereocenters. The second kappa shape index (κ2) is 15.5. The third kappa shape index (κ3) is 7.98. The number of hydrogen-bond acceptors (Lipinski definition) is 9. The third-order valence-electron chi connectivity index (χ3n) is 11.4. The van der Waals surface area contributed by atoms with Gasteiger partial charge in [0.2, 0.25) is 11.8 Å². The van der Waals surface area contributed by atoms with E-state index in [1.54, 1.807) is 4.90 Å². The Balaban J connectivity index is 0.791. The number of carbonyl (C=O) groups excluding carboxylic acids is 4. The molecular formula is C38H51N7O5. The maximum Gasteiger partial charge on any atom is 0.410 e. The summed E-state index contributed by atoms with van der Waals surface area (Å²) in [7, 11) is 0. The first-order chi connectivity index (χ1) is 24.3. The highest BCUT2D eigenvalue weighted by molar-refractivity contribution is 6.05. The zero-order valence-corrected chi connectivity index (χ0v) is 29.3. The normalized spacial score (nSPS) is 24.4. The molecule has 1 N–H and O–H groups in total. The van der Waals surface area contributed by atoms with Gasteiger partial charge < -0.3 is 24.3 Å². The number of anilines is 1. The van der Waals surface area contributed by atoms with Crippen LogP contribution in [-0.4, -0.2) is 139 Å². The Kier molecular flexibility index (Phi) is 10.7. The molecule has 12 nitrogen and oxygen atoms in total. The van der Waals surface area contributed by atoms with Crippen LogP contribution >= 0.6 is 0 Å². The molecule has 12 heteroatoms. The molecule has 0 bridgehead atoms. The Bertz CT molecular complexity index is 1540. The molecule has 2 aromatic rings. The lowest BCUT2D eigenvalue weighted by molar-refractivity contribution is -0.136. The average Bonchev–Trinajstić information content (AvgIpc) is 3.46. The topological polar surface area (TPSA) is 109 Å². The molecule has 5 aliphatic rings. The van der Waals surface area contributed by atoms with E-state index in [4.69, 9.17) is 4.74 Å². The fraction of sp³-hybridized carbons (Fsp3) is 0.579. The van der Waals surface area contributed by atoms with Crippen LogP contribution in [0.4, 0.5) is 10.5 Å². The first-order valence-electron chi connectivity index (χ1n) is 18.5. The van der Waals surface area contributed by atoms with Gasteiger partial charge in [-0.3, -0.25) is 29.5 Å². The zero-order valence-electron chi connectivity index (χ0n) is 29.3. The number of ether oxygens (including phenoxy) is 1. The molecule has 4 fully saturated rings. The van der Waals surface area contributed by atoms with Crippen molar-refractivity contribution in [1.29, 1.82) is 0 Å². The molecule has 4 amide bonds. The molecular weight excluding hydrogens is 634 g/mol. The second-order valence-corrected chi connectivity index (χ2v) is 14.7. The maximum absolute atomic E-state index is 13.1. The van der Waals surface area contributed by atoms with Crippen molar-refractivity contribution in [2.45, 2.75) is 57.8 Å². The number of piperidine rings is 2. The quantitative estimate of drug-likeness (QED) is 0.399. The number of rotatable bonds is 9. The number of amides is 4. The zero-order chi connectivity index (χ0) is 34.6. The highest BCUT2D eigenvalue weighted by Crippen LogP contribution is 2.31. The minimum atomic E-state index is -0.582. The second-order valence-electron chi connectivity index (χ2n) is 14.7. The van der Waals surface area contributed by atoms with Crippen LogP contribution in [0.2, 0.25) is 0 Å². The highest BCUT2D eigenvalue weighted by atomic mass is 16.6. The summed E-state index contributed by atoms with van der Waals surface area (Å²) in [6, 6.07) is 15.6. The average molecular weight is 686 g/mol. The number of likely N-dealkylation sites (tertiary alicyclic amines) is 1. The fourth-order valence-corrected chi connectivity index (χ4v) is 8.28. The third-order valence-corrected chi connectivity index (χ3v) is 11.4. The van der Waals surface area contributed by atoms with Crippen molar-refractivity contribution >= 4 is 29.5 Å². The van der Waals surface area contributed by atoms with Gasteiger partial charge in [-0.05, 0) is 74.5 Å². The molecule has 5 aliphatic heterocycles. The van der Waals surface area contributed by atoms with E-state index < -0.39 is 6.04 Å². The van der Waals surface area contributed by atoms with Crippen molar-refractivity contribution in [3.63, 3.8) is 0 Å². The van der Waals surface area contributed by atoms with Crippen LogP contribution in [0.5, 0.6) is 0 Å². The maximum atomic E-state index is 13.1. The Morgan fingerprint density at radius 1 is 0.860 bits per heavy atom. The summed E-state index contributed by atoms with van der Waals surface area (Å²) in [5.41, 5.74) is 3.77. The standard InChI is InChI=1S/C38H51N7O5/c1-28-24-44(38(49)50-27-30-5-3-2-4-6-30)22-21-42(28)18-15-40-13-11-29(12-14-40)25-41-16-19-43(20-17-41)32-7-8-33-31(23-32)26-45(37(33)48)34-9-10-35(46)39-36(34)47/h2-8,23,28-29,34H,9-22,24-27H2,1H3,(H,39,46,47)/t28-,34?/m0/s1. The molecule has 2 atom stereocenters. The molecule has 50 heavy (non-hydrogen) atoms. The van der Waals surface area contributed by atoms with E-state index in [9.17, 15) is 19.2 Å². The number of imide groups is 1. The van der Waals surface area contributed by atoms with Gasteiger partial charge in [0.15, 0.2) is 0 Å². The Morgan fingerprint density at radius 3 is 2.38 bits per heavy atom. The van der Waals surface area contributed by atoms with Crippen LogP contribution in [0.25, 0.3) is 0 Å². The fourth-order valence-electron chi connectivity index (χ4n) is 8.28. The van der Waals surface area contributed by atoms with Gasteiger partial charge in [-0.2, -0.15) is 0 Å². The van der Waals surface area contributed by atoms with Gasteiger partial charge in [0.1, 0.15) is 12.6 Å². The first-order valence-corrected chi connectivity index (χ1v) is 18.5. The molecule has 7 rings (SSSR count). The predicted molar refractivity (Wildman–Crippen MR) is 190 cm³/mol. The summed E-state index contributed by atoms with van der Waals surface area (Å²) < 4.78 is 5.56. The summed E-state index contributed by atoms with van der Waals surface area (Å²) in [5.74, 6) is -0.0318. The smallest absolute Gasteiger partial charge is 0.410 e. The van der Waals surface area contributed by atoms with Gasteiger partial charge in [-0.25, -0.2) is 4.79 Å². The van der Waals surface area contributed by atoms with Gasteiger partial charge in [0, 0.05) is 95.7 Å². The molecule has 5 heterocycles. The number of nitrogens with one attached hydrogen (secondary N) is 1. The van der Waals surface area contributed by atoms with Crippen LogP contribution in [0.3, 0.4) is 0 Å². The lowest BCUT2D eigenvalue weighted by atomic mass is 9.96. The minimum absolute atomic E-state index is 0.122. The highest BCUT2D eigenvalue weighted by Gasteiger charge is 2.39. The molecule has 268 valence electrons. The molecule has 2 aromatic carbocycles. The Morgan fingerprint density at radius 2 is 1.64 bits per heavy atom. The van der Waals surface area contributed by atoms with E-state index in [2.05, 4.69) is 37.9 Å². The molecule has 0 spiro atoms. The number of benzene rings is 2. The van der Waals surface area contributed by atoms with E-state index in [0.29, 0.717) is 44.3 Å². The van der Waals surface area contributed by atoms with E-state index in [-0.39, 0.29) is 30.2 Å². The summed E-state index contributed by atoms with van der Waals surface area (Å²) >= 11 is 0. The van der Waals surface area contributed by atoms with Crippen molar-refractivity contribution < 1.29 is 23.9 Å². The number of piperazine rings is 2. The van der Waals surface area contributed by atoms with Gasteiger partial charge in [-0.15, -0.1) is 0 Å². The minimum Gasteiger partial charge on any atom is -0.445 e. The van der Waals surface area contributed by atoms with E-state index in [1.165, 1.54) is 12.8 Å². The van der Waals surface area contributed by atoms with Crippen LogP contribution in [0.1, 0.15) is 54.1 Å². The molecule has 0 aliphatic carbocycles. The SMILES string of the molecule is C[C@H]1CN(C(=O)OCc2ccccc2)CCN1CCN1CCC(CN2CCN(c3ccc4c(c3)CN(C3CCC(=O)NC3=O)C4=O)CC2)CC1. The van der Waals surface area contributed by atoms with E-state index in [1.807, 2.05) is 47.4 Å². The van der Waals surface area contributed by atoms with E-state index >= 15 is 0 Å². The number of hydrogen-bond donors (Lipinski definition) is 1. The number of nitrogens with zero attached hydrogens (tertiary/aromatic N) is 6. The molecule has 0 saturated carbocycles.